The lowest BCUT2D eigenvalue weighted by atomic mass is 10.1. The molecule has 2 nitrogen and oxygen atoms in total. The first-order valence-electron chi connectivity index (χ1n) is 6.93. The van der Waals surface area contributed by atoms with Crippen LogP contribution < -0.4 is 10.2 Å². The molecule has 0 unspecified atom stereocenters. The van der Waals surface area contributed by atoms with Gasteiger partial charge < -0.3 is 10.2 Å². The summed E-state index contributed by atoms with van der Waals surface area (Å²) in [6, 6.07) is 10.4. The number of nitrogens with zero attached hydrogens (tertiary/aromatic N) is 1. The molecule has 0 aliphatic carbocycles. The maximum atomic E-state index is 6.11. The van der Waals surface area contributed by atoms with Crippen LogP contribution in [0, 0.1) is 0 Å². The molecule has 0 atom stereocenters. The second-order valence-electron chi connectivity index (χ2n) is 4.80. The number of thiophene rings is 1. The van der Waals surface area contributed by atoms with Gasteiger partial charge in [0.1, 0.15) is 0 Å². The Kier molecular flexibility index (Phi) is 5.89. The van der Waals surface area contributed by atoms with Gasteiger partial charge in [0, 0.05) is 35.7 Å². The monoisotopic (exact) mass is 308 g/mol. The molecule has 0 bridgehead atoms. The van der Waals surface area contributed by atoms with Crippen LogP contribution >= 0.6 is 22.9 Å². The van der Waals surface area contributed by atoms with Gasteiger partial charge in [-0.15, -0.1) is 11.3 Å². The van der Waals surface area contributed by atoms with Gasteiger partial charge in [-0.25, -0.2) is 0 Å². The molecule has 108 valence electrons. The van der Waals surface area contributed by atoms with Crippen molar-refractivity contribution in [3.63, 3.8) is 0 Å². The van der Waals surface area contributed by atoms with Gasteiger partial charge in [0.25, 0.3) is 0 Å². The van der Waals surface area contributed by atoms with Gasteiger partial charge >= 0.3 is 0 Å². The molecule has 1 aromatic heterocycles. The fraction of sp³-hybridized carbons (Fsp3) is 0.375. The molecule has 0 saturated heterocycles. The number of nitrogens with one attached hydrogen (secondary N) is 1. The van der Waals surface area contributed by atoms with Gasteiger partial charge in [-0.1, -0.05) is 24.6 Å². The van der Waals surface area contributed by atoms with Crippen molar-refractivity contribution in [2.45, 2.75) is 19.9 Å². The highest BCUT2D eigenvalue weighted by molar-refractivity contribution is 7.09. The molecule has 20 heavy (non-hydrogen) atoms. The molecular formula is C16H21ClN2S. The normalized spacial score (nSPS) is 10.8. The molecule has 0 radical (unpaired) electrons. The molecular weight excluding hydrogens is 288 g/mol. The molecule has 0 fully saturated rings. The van der Waals surface area contributed by atoms with Crippen molar-refractivity contribution < 1.29 is 0 Å². The second kappa shape index (κ2) is 7.67. The molecule has 0 spiro atoms. The summed E-state index contributed by atoms with van der Waals surface area (Å²) in [5.41, 5.74) is 2.51. The Balaban J connectivity index is 2.05. The first kappa shape index (κ1) is 15.4. The van der Waals surface area contributed by atoms with Gasteiger partial charge in [-0.3, -0.25) is 0 Å². The smallest absolute Gasteiger partial charge is 0.0410 e. The van der Waals surface area contributed by atoms with Crippen LogP contribution in [0.3, 0.4) is 0 Å². The number of anilines is 1. The van der Waals surface area contributed by atoms with E-state index in [1.165, 1.54) is 16.1 Å². The zero-order chi connectivity index (χ0) is 14.4. The molecule has 0 aliphatic heterocycles. The minimum Gasteiger partial charge on any atom is -0.374 e. The Bertz CT molecular complexity index is 525. The van der Waals surface area contributed by atoms with Crippen LogP contribution in [0.2, 0.25) is 5.02 Å². The van der Waals surface area contributed by atoms with Crippen molar-refractivity contribution in [3.8, 4) is 0 Å². The van der Waals surface area contributed by atoms with E-state index in [1.54, 1.807) is 0 Å². The van der Waals surface area contributed by atoms with Crippen LogP contribution in [0.15, 0.2) is 35.7 Å². The minimum atomic E-state index is 0.799. The van der Waals surface area contributed by atoms with Crippen molar-refractivity contribution in [3.05, 3.63) is 51.2 Å². The van der Waals surface area contributed by atoms with Crippen LogP contribution in [-0.2, 0) is 13.0 Å². The standard InChI is InChI=1S/C16H21ClN2S/c1-3-18-12-13-11-14(17)6-7-16(13)19(2)9-8-15-5-4-10-20-15/h4-7,10-11,18H,3,8-9,12H2,1-2H3. The topological polar surface area (TPSA) is 15.3 Å². The van der Waals surface area contributed by atoms with Gasteiger partial charge in [0.15, 0.2) is 0 Å². The van der Waals surface area contributed by atoms with E-state index in [-0.39, 0.29) is 0 Å². The van der Waals surface area contributed by atoms with Crippen LogP contribution in [0.1, 0.15) is 17.4 Å². The van der Waals surface area contributed by atoms with E-state index in [0.717, 1.165) is 31.1 Å². The maximum Gasteiger partial charge on any atom is 0.0410 e. The highest BCUT2D eigenvalue weighted by Crippen LogP contribution is 2.24. The van der Waals surface area contributed by atoms with Gasteiger partial charge in [0.05, 0.1) is 0 Å². The fourth-order valence-corrected chi connectivity index (χ4v) is 3.07. The van der Waals surface area contributed by atoms with Gasteiger partial charge in [0.2, 0.25) is 0 Å². The largest absolute Gasteiger partial charge is 0.374 e. The quantitative estimate of drug-likeness (QED) is 0.825. The summed E-state index contributed by atoms with van der Waals surface area (Å²) < 4.78 is 0. The van der Waals surface area contributed by atoms with E-state index >= 15 is 0 Å². The fourth-order valence-electron chi connectivity index (χ4n) is 2.18. The summed E-state index contributed by atoms with van der Waals surface area (Å²) in [6.07, 6.45) is 1.08. The van der Waals surface area contributed by atoms with Crippen molar-refractivity contribution in [2.75, 3.05) is 25.0 Å². The van der Waals surface area contributed by atoms with E-state index in [2.05, 4.69) is 53.8 Å². The van der Waals surface area contributed by atoms with E-state index in [4.69, 9.17) is 11.6 Å². The Morgan fingerprint density at radius 2 is 2.15 bits per heavy atom. The average molecular weight is 309 g/mol. The number of likely N-dealkylation sites (N-methyl/N-ethyl adjacent to an activating group) is 1. The molecule has 0 amide bonds. The Labute approximate surface area is 130 Å². The number of rotatable bonds is 7. The lowest BCUT2D eigenvalue weighted by Gasteiger charge is -2.22. The molecule has 1 aromatic carbocycles. The van der Waals surface area contributed by atoms with Crippen LogP contribution in [0.25, 0.3) is 0 Å². The molecule has 0 aliphatic rings. The summed E-state index contributed by atoms with van der Waals surface area (Å²) in [4.78, 5) is 3.74. The summed E-state index contributed by atoms with van der Waals surface area (Å²) in [6.45, 7) is 4.95. The molecule has 0 saturated carbocycles. The summed E-state index contributed by atoms with van der Waals surface area (Å²) in [5.74, 6) is 0. The number of hydrogen-bond donors (Lipinski definition) is 1. The molecule has 2 aromatic rings. The third-order valence-corrected chi connectivity index (χ3v) is 4.46. The Hall–Kier alpha value is -1.03. The maximum absolute atomic E-state index is 6.11. The Morgan fingerprint density at radius 3 is 2.85 bits per heavy atom. The molecule has 1 heterocycles. The zero-order valence-corrected chi connectivity index (χ0v) is 13.6. The number of halogens is 1. The van der Waals surface area contributed by atoms with Crippen LogP contribution in [-0.4, -0.2) is 20.1 Å². The molecule has 1 N–H and O–H groups in total. The summed E-state index contributed by atoms with van der Waals surface area (Å²) in [7, 11) is 2.15. The second-order valence-corrected chi connectivity index (χ2v) is 6.27. The van der Waals surface area contributed by atoms with Crippen LogP contribution in [0.5, 0.6) is 0 Å². The predicted molar refractivity (Wildman–Crippen MR) is 90.1 cm³/mol. The zero-order valence-electron chi connectivity index (χ0n) is 12.0. The highest BCUT2D eigenvalue weighted by Gasteiger charge is 2.08. The van der Waals surface area contributed by atoms with Crippen molar-refractivity contribution in [1.82, 2.24) is 5.32 Å². The first-order chi connectivity index (χ1) is 9.70. The lowest BCUT2D eigenvalue weighted by molar-refractivity contribution is 0.723. The van der Waals surface area contributed by atoms with Gasteiger partial charge in [-0.2, -0.15) is 0 Å². The van der Waals surface area contributed by atoms with E-state index < -0.39 is 0 Å². The Morgan fingerprint density at radius 1 is 1.30 bits per heavy atom. The van der Waals surface area contributed by atoms with E-state index in [9.17, 15) is 0 Å². The lowest BCUT2D eigenvalue weighted by Crippen LogP contribution is -2.23. The third-order valence-electron chi connectivity index (χ3n) is 3.29. The van der Waals surface area contributed by atoms with Crippen molar-refractivity contribution in [2.24, 2.45) is 0 Å². The average Bonchev–Trinajstić information content (AvgIpc) is 2.96. The molecule has 4 heteroatoms. The van der Waals surface area contributed by atoms with Gasteiger partial charge in [-0.05, 0) is 48.2 Å². The third kappa shape index (κ3) is 4.23. The number of hydrogen-bond acceptors (Lipinski definition) is 3. The predicted octanol–water partition coefficient (Wildman–Crippen LogP) is 4.19. The summed E-state index contributed by atoms with van der Waals surface area (Å²) in [5, 5.41) is 6.31. The number of benzene rings is 1. The summed E-state index contributed by atoms with van der Waals surface area (Å²) >= 11 is 7.93. The first-order valence-corrected chi connectivity index (χ1v) is 8.19. The van der Waals surface area contributed by atoms with Crippen molar-refractivity contribution >= 4 is 28.6 Å². The highest BCUT2D eigenvalue weighted by atomic mass is 35.5. The van der Waals surface area contributed by atoms with Crippen molar-refractivity contribution in [1.29, 1.82) is 0 Å². The minimum absolute atomic E-state index is 0.799. The van der Waals surface area contributed by atoms with E-state index in [1.807, 2.05) is 17.4 Å². The SMILES string of the molecule is CCNCc1cc(Cl)ccc1N(C)CCc1cccs1. The van der Waals surface area contributed by atoms with E-state index in [0.29, 0.717) is 0 Å². The van der Waals surface area contributed by atoms with Crippen LogP contribution in [0.4, 0.5) is 5.69 Å². The molecule has 2 rings (SSSR count).